The minimum absolute atomic E-state index is 0.0292. The second-order valence-corrected chi connectivity index (χ2v) is 12.2. The van der Waals surface area contributed by atoms with Gasteiger partial charge in [0.25, 0.3) is 0 Å². The maximum Gasteiger partial charge on any atom is 0.224 e. The van der Waals surface area contributed by atoms with Crippen LogP contribution in [0.5, 0.6) is 0 Å². The molecular formula is C28H41NO5. The van der Waals surface area contributed by atoms with Gasteiger partial charge in [-0.3, -0.25) is 9.59 Å². The Morgan fingerprint density at radius 2 is 1.94 bits per heavy atom. The fourth-order valence-electron chi connectivity index (χ4n) is 8.65. The zero-order chi connectivity index (χ0) is 24.5. The van der Waals surface area contributed by atoms with Gasteiger partial charge in [0.05, 0.1) is 23.0 Å². The van der Waals surface area contributed by atoms with Gasteiger partial charge in [0.15, 0.2) is 0 Å². The van der Waals surface area contributed by atoms with Crippen LogP contribution >= 0.6 is 0 Å². The van der Waals surface area contributed by atoms with Crippen LogP contribution in [-0.4, -0.2) is 53.4 Å². The summed E-state index contributed by atoms with van der Waals surface area (Å²) in [7, 11) is 1.56. The first-order chi connectivity index (χ1) is 16.1. The molecule has 0 aliphatic heterocycles. The molecule has 5 aliphatic carbocycles. The number of hydrogen-bond acceptors (Lipinski definition) is 5. The van der Waals surface area contributed by atoms with Crippen molar-refractivity contribution >= 4 is 11.7 Å². The van der Waals surface area contributed by atoms with Crippen molar-refractivity contribution in [3.05, 3.63) is 23.8 Å². The molecule has 4 saturated carbocycles. The number of nitrogens with one attached hydrogen (secondary N) is 1. The molecule has 0 aromatic rings. The lowest BCUT2D eigenvalue weighted by Crippen LogP contribution is -2.57. The summed E-state index contributed by atoms with van der Waals surface area (Å²) in [6, 6.07) is 0. The predicted molar refractivity (Wildman–Crippen MR) is 129 cm³/mol. The highest BCUT2D eigenvalue weighted by Gasteiger charge is 2.73. The Labute approximate surface area is 203 Å². The standard InChI is InChI=1S/C28H41NO5/c1-16-13-27-15-28(16,33)11-10-20(27)19-12-21(34-4)24(31)26(3,17(2)30)22(19)23(27)25(32)29-14-18-8-6-5-7-9-18/h12,18,20-24,31,33H,1,5-11,13-15H2,2-4H3,(H,29,32)/t20-,21-,22+,23+,24-,26-,27-,28+/m0/s1. The van der Waals surface area contributed by atoms with E-state index in [1.165, 1.54) is 26.2 Å². The van der Waals surface area contributed by atoms with Crippen molar-refractivity contribution in [1.82, 2.24) is 5.32 Å². The van der Waals surface area contributed by atoms with Gasteiger partial charge in [-0.1, -0.05) is 37.5 Å². The zero-order valence-corrected chi connectivity index (χ0v) is 20.9. The molecule has 0 saturated heterocycles. The molecule has 8 atom stereocenters. The fourth-order valence-corrected chi connectivity index (χ4v) is 8.65. The number of fused-ring (bicyclic) bond motifs is 3. The Bertz CT molecular complexity index is 922. The summed E-state index contributed by atoms with van der Waals surface area (Å²) in [6.45, 7) is 8.23. The van der Waals surface area contributed by atoms with Crippen molar-refractivity contribution < 1.29 is 24.5 Å². The van der Waals surface area contributed by atoms with E-state index in [0.717, 1.165) is 30.4 Å². The summed E-state index contributed by atoms with van der Waals surface area (Å²) in [6.07, 6.45) is 8.82. The summed E-state index contributed by atoms with van der Waals surface area (Å²) in [5.74, 6) is -0.469. The number of ether oxygens (including phenoxy) is 1. The van der Waals surface area contributed by atoms with Crippen molar-refractivity contribution in [2.24, 2.45) is 34.5 Å². The highest BCUT2D eigenvalue weighted by atomic mass is 16.5. The average Bonchev–Trinajstić information content (AvgIpc) is 3.20. The molecule has 0 aromatic carbocycles. The number of methoxy groups -OCH3 is 1. The van der Waals surface area contributed by atoms with Gasteiger partial charge in [-0.2, -0.15) is 0 Å². The zero-order valence-electron chi connectivity index (χ0n) is 20.9. The van der Waals surface area contributed by atoms with Crippen molar-refractivity contribution in [3.63, 3.8) is 0 Å². The summed E-state index contributed by atoms with van der Waals surface area (Å²) in [4.78, 5) is 27.3. The van der Waals surface area contributed by atoms with Crippen LogP contribution in [0.25, 0.3) is 0 Å². The first kappa shape index (κ1) is 24.2. The number of aliphatic hydroxyl groups is 2. The summed E-state index contributed by atoms with van der Waals surface area (Å²) in [5.41, 5.74) is -0.669. The SMILES string of the molecule is C=C1C[C@]23C[C@]1(O)CC[C@H]2C1=C[C@H](OC)[C@H](O)[C@@](C)(C(C)=O)[C@H]1[C@@H]3C(=O)NCC1CCCCC1. The number of hydrogen-bond donors (Lipinski definition) is 3. The van der Waals surface area contributed by atoms with Gasteiger partial charge in [-0.25, -0.2) is 0 Å². The number of amides is 1. The van der Waals surface area contributed by atoms with E-state index < -0.39 is 40.5 Å². The lowest BCUT2D eigenvalue weighted by atomic mass is 9.58. The Morgan fingerprint density at radius 1 is 1.24 bits per heavy atom. The van der Waals surface area contributed by atoms with Crippen molar-refractivity contribution in [1.29, 1.82) is 0 Å². The van der Waals surface area contributed by atoms with Gasteiger partial charge >= 0.3 is 0 Å². The van der Waals surface area contributed by atoms with Crippen LogP contribution in [0.15, 0.2) is 23.8 Å². The Balaban J connectivity index is 1.58. The fraction of sp³-hybridized carbons (Fsp3) is 0.786. The van der Waals surface area contributed by atoms with Gasteiger partial charge in [0.2, 0.25) is 5.91 Å². The Kier molecular flexibility index (Phi) is 5.89. The van der Waals surface area contributed by atoms with Crippen LogP contribution in [0.4, 0.5) is 0 Å². The number of rotatable bonds is 5. The van der Waals surface area contributed by atoms with Crippen molar-refractivity contribution in [2.45, 2.75) is 89.4 Å². The second-order valence-electron chi connectivity index (χ2n) is 12.2. The normalized spacial score (nSPS) is 46.0. The van der Waals surface area contributed by atoms with Crippen LogP contribution in [0.2, 0.25) is 0 Å². The number of carbonyl (C=O) groups excluding carboxylic acids is 2. The minimum Gasteiger partial charge on any atom is -0.389 e. The van der Waals surface area contributed by atoms with Gasteiger partial charge in [-0.05, 0) is 75.2 Å². The van der Waals surface area contributed by atoms with Gasteiger partial charge < -0.3 is 20.3 Å². The number of ketones is 1. The quantitative estimate of drug-likeness (QED) is 0.535. The molecule has 6 heteroatoms. The Morgan fingerprint density at radius 3 is 2.59 bits per heavy atom. The third-order valence-electron chi connectivity index (χ3n) is 10.6. The number of allylic oxidation sites excluding steroid dienone is 1. The minimum atomic E-state index is -1.13. The first-order valence-electron chi connectivity index (χ1n) is 13.2. The van der Waals surface area contributed by atoms with Crippen LogP contribution in [0.1, 0.15) is 71.6 Å². The van der Waals surface area contributed by atoms with Gasteiger partial charge in [-0.15, -0.1) is 0 Å². The molecule has 1 amide bonds. The summed E-state index contributed by atoms with van der Waals surface area (Å²) >= 11 is 0. The molecule has 2 bridgehead atoms. The van der Waals surface area contributed by atoms with Crippen molar-refractivity contribution in [2.75, 3.05) is 13.7 Å². The monoisotopic (exact) mass is 471 g/mol. The van der Waals surface area contributed by atoms with E-state index >= 15 is 0 Å². The van der Waals surface area contributed by atoms with Crippen LogP contribution < -0.4 is 5.32 Å². The molecule has 0 unspecified atom stereocenters. The molecule has 188 valence electrons. The van der Waals surface area contributed by atoms with E-state index in [1.807, 2.05) is 13.0 Å². The number of aliphatic hydroxyl groups excluding tert-OH is 1. The molecule has 4 fully saturated rings. The van der Waals surface area contributed by atoms with Gasteiger partial charge in [0, 0.05) is 19.6 Å². The first-order valence-corrected chi connectivity index (χ1v) is 13.2. The smallest absolute Gasteiger partial charge is 0.224 e. The van der Waals surface area contributed by atoms with E-state index in [1.54, 1.807) is 7.11 Å². The molecule has 5 aliphatic rings. The Hall–Kier alpha value is -1.50. The van der Waals surface area contributed by atoms with E-state index in [9.17, 15) is 19.8 Å². The predicted octanol–water partition coefficient (Wildman–Crippen LogP) is 3.32. The lowest BCUT2D eigenvalue weighted by Gasteiger charge is -2.47. The highest BCUT2D eigenvalue weighted by molar-refractivity contribution is 5.88. The van der Waals surface area contributed by atoms with E-state index in [4.69, 9.17) is 4.74 Å². The lowest BCUT2D eigenvalue weighted by molar-refractivity contribution is -0.152. The van der Waals surface area contributed by atoms with Crippen molar-refractivity contribution in [3.8, 4) is 0 Å². The molecule has 0 radical (unpaired) electrons. The summed E-state index contributed by atoms with van der Waals surface area (Å²) in [5, 5.41) is 26.0. The summed E-state index contributed by atoms with van der Waals surface area (Å²) < 4.78 is 5.63. The van der Waals surface area contributed by atoms with E-state index in [-0.39, 0.29) is 17.6 Å². The van der Waals surface area contributed by atoms with Crippen LogP contribution in [0, 0.1) is 34.5 Å². The van der Waals surface area contributed by atoms with E-state index in [2.05, 4.69) is 11.9 Å². The topological polar surface area (TPSA) is 95.9 Å². The molecule has 34 heavy (non-hydrogen) atoms. The number of Topliss-reactive ketones (excluding diaryl/α,β-unsaturated/α-hetero) is 1. The maximum absolute atomic E-state index is 14.1. The van der Waals surface area contributed by atoms with Crippen LogP contribution in [-0.2, 0) is 14.3 Å². The van der Waals surface area contributed by atoms with Crippen LogP contribution in [0.3, 0.4) is 0 Å². The molecule has 3 N–H and O–H groups in total. The molecule has 0 heterocycles. The average molecular weight is 472 g/mol. The highest BCUT2D eigenvalue weighted by Crippen LogP contribution is 2.73. The third kappa shape index (κ3) is 3.24. The van der Waals surface area contributed by atoms with Gasteiger partial charge in [0.1, 0.15) is 11.9 Å². The number of carbonyl (C=O) groups is 2. The largest absolute Gasteiger partial charge is 0.389 e. The second kappa shape index (κ2) is 8.28. The molecular weight excluding hydrogens is 430 g/mol. The molecule has 0 aromatic heterocycles. The molecule has 6 nitrogen and oxygen atoms in total. The van der Waals surface area contributed by atoms with E-state index in [0.29, 0.717) is 31.7 Å². The molecule has 5 rings (SSSR count). The maximum atomic E-state index is 14.1. The molecule has 1 spiro atoms. The third-order valence-corrected chi connectivity index (χ3v) is 10.6.